The fourth-order valence-corrected chi connectivity index (χ4v) is 1.31. The van der Waals surface area contributed by atoms with Crippen molar-refractivity contribution in [3.8, 4) is 0 Å². The molecule has 0 amide bonds. The summed E-state index contributed by atoms with van der Waals surface area (Å²) >= 11 is 5.29. The van der Waals surface area contributed by atoms with Crippen molar-refractivity contribution in [2.75, 3.05) is 13.2 Å². The molecule has 3 heteroatoms. The van der Waals surface area contributed by atoms with E-state index in [1.54, 1.807) is 0 Å². The molecule has 0 spiro atoms. The van der Waals surface area contributed by atoms with Gasteiger partial charge in [-0.3, -0.25) is 0 Å². The molecule has 2 nitrogen and oxygen atoms in total. The molecule has 0 rings (SSSR count). The Labute approximate surface area is 99.8 Å². The Hall–Kier alpha value is -0.150. The quantitative estimate of drug-likeness (QED) is 0.734. The van der Waals surface area contributed by atoms with Gasteiger partial charge in [0.25, 0.3) is 0 Å². The molecular weight excluding hydrogens is 206 g/mol. The Bertz CT molecular complexity index is 206. The highest BCUT2D eigenvalue weighted by Crippen LogP contribution is 2.16. The summed E-state index contributed by atoms with van der Waals surface area (Å²) in [5.74, 6) is 0. The molecule has 0 bridgehead atoms. The predicted molar refractivity (Wildman–Crippen MR) is 70.4 cm³/mol. The molecule has 0 aliphatic carbocycles. The van der Waals surface area contributed by atoms with E-state index in [1.165, 1.54) is 0 Å². The summed E-state index contributed by atoms with van der Waals surface area (Å²) in [6.45, 7) is 14.2. The number of hydrogen-bond acceptors (Lipinski definition) is 2. The topological polar surface area (TPSA) is 21.3 Å². The van der Waals surface area contributed by atoms with Crippen LogP contribution in [0.15, 0.2) is 0 Å². The minimum Gasteiger partial charge on any atom is -0.379 e. The van der Waals surface area contributed by atoms with Crippen molar-refractivity contribution in [2.45, 2.75) is 53.6 Å². The monoisotopic (exact) mass is 231 g/mol. The first kappa shape index (κ1) is 14.8. The second kappa shape index (κ2) is 5.80. The van der Waals surface area contributed by atoms with Gasteiger partial charge in [-0.15, -0.1) is 0 Å². The van der Waals surface area contributed by atoms with Gasteiger partial charge in [0.15, 0.2) is 0 Å². The van der Waals surface area contributed by atoms with Gasteiger partial charge >= 0.3 is 0 Å². The van der Waals surface area contributed by atoms with Crippen LogP contribution in [0.1, 0.15) is 48.0 Å². The van der Waals surface area contributed by atoms with Crippen LogP contribution in [0.2, 0.25) is 0 Å². The molecule has 0 aromatic rings. The third-order valence-corrected chi connectivity index (χ3v) is 2.99. The van der Waals surface area contributed by atoms with Crippen molar-refractivity contribution >= 4 is 17.2 Å². The predicted octanol–water partition coefficient (Wildman–Crippen LogP) is 3.15. The minimum absolute atomic E-state index is 0.0603. The van der Waals surface area contributed by atoms with Gasteiger partial charge in [0.2, 0.25) is 0 Å². The SMILES string of the molecule is CCOC(C)(C)CCNC(=S)C(C)(C)C. The van der Waals surface area contributed by atoms with Crippen molar-refractivity contribution < 1.29 is 4.74 Å². The summed E-state index contributed by atoms with van der Waals surface area (Å²) in [5, 5.41) is 3.29. The molecule has 0 radical (unpaired) electrons. The third kappa shape index (κ3) is 6.85. The zero-order valence-corrected chi connectivity index (χ0v) is 11.8. The maximum atomic E-state index is 5.61. The summed E-state index contributed by atoms with van der Waals surface area (Å²) in [6, 6.07) is 0. The fourth-order valence-electron chi connectivity index (χ4n) is 1.21. The van der Waals surface area contributed by atoms with Crippen molar-refractivity contribution in [3.05, 3.63) is 0 Å². The molecule has 0 aliphatic heterocycles. The molecule has 0 saturated carbocycles. The molecule has 0 fully saturated rings. The second-order valence-corrected chi connectivity index (χ2v) is 5.86. The average molecular weight is 231 g/mol. The first-order chi connectivity index (χ1) is 6.69. The fraction of sp³-hybridized carbons (Fsp3) is 0.917. The molecular formula is C12H25NOS. The summed E-state index contributed by atoms with van der Waals surface area (Å²) in [6.07, 6.45) is 0.969. The lowest BCUT2D eigenvalue weighted by Crippen LogP contribution is -2.37. The zero-order chi connectivity index (χ0) is 12.1. The minimum atomic E-state index is -0.0603. The summed E-state index contributed by atoms with van der Waals surface area (Å²) in [5.41, 5.74) is 0.000335. The van der Waals surface area contributed by atoms with E-state index in [4.69, 9.17) is 17.0 Å². The molecule has 15 heavy (non-hydrogen) atoms. The molecule has 0 saturated heterocycles. The van der Waals surface area contributed by atoms with Gasteiger partial charge in [0.1, 0.15) is 0 Å². The maximum absolute atomic E-state index is 5.61. The molecule has 0 heterocycles. The van der Waals surface area contributed by atoms with Crippen molar-refractivity contribution in [1.82, 2.24) is 5.32 Å². The molecule has 0 atom stereocenters. The van der Waals surface area contributed by atoms with Crippen LogP contribution >= 0.6 is 12.2 Å². The summed E-state index contributed by atoms with van der Waals surface area (Å²) < 4.78 is 5.61. The van der Waals surface area contributed by atoms with Crippen LogP contribution in [-0.2, 0) is 4.74 Å². The molecule has 0 unspecified atom stereocenters. The summed E-state index contributed by atoms with van der Waals surface area (Å²) in [4.78, 5) is 0.926. The average Bonchev–Trinajstić information content (AvgIpc) is 2.01. The van der Waals surface area contributed by atoms with Crippen LogP contribution in [0.3, 0.4) is 0 Å². The van der Waals surface area contributed by atoms with Crippen LogP contribution in [0.5, 0.6) is 0 Å². The van der Waals surface area contributed by atoms with Gasteiger partial charge in [-0.1, -0.05) is 33.0 Å². The van der Waals surface area contributed by atoms with Crippen LogP contribution in [0.4, 0.5) is 0 Å². The van der Waals surface area contributed by atoms with Crippen LogP contribution in [0, 0.1) is 5.41 Å². The zero-order valence-electron chi connectivity index (χ0n) is 10.9. The number of thiocarbonyl (C=S) groups is 1. The van der Waals surface area contributed by atoms with E-state index in [9.17, 15) is 0 Å². The van der Waals surface area contributed by atoms with Crippen LogP contribution < -0.4 is 5.32 Å². The van der Waals surface area contributed by atoms with Gasteiger partial charge in [-0.05, 0) is 27.2 Å². The lowest BCUT2D eigenvalue weighted by Gasteiger charge is -2.27. The third-order valence-electron chi connectivity index (χ3n) is 2.23. The molecule has 0 aliphatic rings. The first-order valence-electron chi connectivity index (χ1n) is 5.61. The lowest BCUT2D eigenvalue weighted by molar-refractivity contribution is -0.0149. The Balaban J connectivity index is 3.85. The highest BCUT2D eigenvalue weighted by atomic mass is 32.1. The molecule has 0 aromatic heterocycles. The van der Waals surface area contributed by atoms with E-state index in [1.807, 2.05) is 6.92 Å². The lowest BCUT2D eigenvalue weighted by atomic mass is 9.96. The Morgan fingerprint density at radius 3 is 2.13 bits per heavy atom. The van der Waals surface area contributed by atoms with E-state index in [0.29, 0.717) is 0 Å². The van der Waals surface area contributed by atoms with Crippen LogP contribution in [-0.4, -0.2) is 23.7 Å². The first-order valence-corrected chi connectivity index (χ1v) is 6.02. The number of rotatable bonds is 5. The van der Waals surface area contributed by atoms with E-state index < -0.39 is 0 Å². The van der Waals surface area contributed by atoms with Crippen LogP contribution in [0.25, 0.3) is 0 Å². The molecule has 1 N–H and O–H groups in total. The Morgan fingerprint density at radius 1 is 1.20 bits per heavy atom. The summed E-state index contributed by atoms with van der Waals surface area (Å²) in [7, 11) is 0. The van der Waals surface area contributed by atoms with Gasteiger partial charge in [-0.25, -0.2) is 0 Å². The molecule has 0 aromatic carbocycles. The standard InChI is InChI=1S/C12H25NOS/c1-7-14-12(5,6)8-9-13-10(15)11(2,3)4/h7-9H2,1-6H3,(H,13,15). The van der Waals surface area contributed by atoms with E-state index in [-0.39, 0.29) is 11.0 Å². The van der Waals surface area contributed by atoms with Crippen molar-refractivity contribution in [1.29, 1.82) is 0 Å². The molecule has 90 valence electrons. The van der Waals surface area contributed by atoms with Gasteiger partial charge < -0.3 is 10.1 Å². The van der Waals surface area contributed by atoms with Gasteiger partial charge in [0, 0.05) is 18.6 Å². The highest BCUT2D eigenvalue weighted by molar-refractivity contribution is 7.80. The maximum Gasteiger partial charge on any atom is 0.0807 e. The second-order valence-electron chi connectivity index (χ2n) is 5.45. The Morgan fingerprint density at radius 2 is 1.73 bits per heavy atom. The van der Waals surface area contributed by atoms with Gasteiger partial charge in [-0.2, -0.15) is 0 Å². The van der Waals surface area contributed by atoms with Gasteiger partial charge in [0.05, 0.1) is 10.6 Å². The van der Waals surface area contributed by atoms with Crippen molar-refractivity contribution in [2.24, 2.45) is 5.41 Å². The Kier molecular flexibility index (Phi) is 5.75. The normalized spacial score (nSPS) is 12.7. The highest BCUT2D eigenvalue weighted by Gasteiger charge is 2.20. The largest absolute Gasteiger partial charge is 0.379 e. The number of ether oxygens (including phenoxy) is 1. The van der Waals surface area contributed by atoms with E-state index in [0.717, 1.165) is 24.6 Å². The smallest absolute Gasteiger partial charge is 0.0807 e. The van der Waals surface area contributed by atoms with Crippen molar-refractivity contribution in [3.63, 3.8) is 0 Å². The van der Waals surface area contributed by atoms with E-state index >= 15 is 0 Å². The number of hydrogen-bond donors (Lipinski definition) is 1. The van der Waals surface area contributed by atoms with E-state index in [2.05, 4.69) is 39.9 Å². The number of nitrogens with one attached hydrogen (secondary N) is 1.